The minimum atomic E-state index is -0.00788. The molecule has 6 heteroatoms. The molecule has 2 saturated heterocycles. The summed E-state index contributed by atoms with van der Waals surface area (Å²) in [5.74, 6) is 0.959. The van der Waals surface area contributed by atoms with Gasteiger partial charge in [-0.15, -0.1) is 0 Å². The van der Waals surface area contributed by atoms with E-state index in [2.05, 4.69) is 10.2 Å². The summed E-state index contributed by atoms with van der Waals surface area (Å²) >= 11 is 0. The molecule has 1 aromatic rings. The van der Waals surface area contributed by atoms with Crippen molar-refractivity contribution in [1.82, 2.24) is 10.2 Å². The maximum atomic E-state index is 12.9. The van der Waals surface area contributed by atoms with Crippen LogP contribution in [0.5, 0.6) is 5.75 Å². The smallest absolute Gasteiger partial charge is 0.224 e. The van der Waals surface area contributed by atoms with Crippen LogP contribution in [0.15, 0.2) is 24.3 Å². The van der Waals surface area contributed by atoms with Crippen LogP contribution in [0.2, 0.25) is 0 Å². The Balaban J connectivity index is 1.56. The van der Waals surface area contributed by atoms with Crippen LogP contribution < -0.4 is 15.8 Å². The zero-order chi connectivity index (χ0) is 19.9. The first-order valence-corrected chi connectivity index (χ1v) is 10.6. The molecule has 2 atom stereocenters. The van der Waals surface area contributed by atoms with E-state index in [1.807, 2.05) is 38.1 Å². The molecule has 2 fully saturated rings. The number of hydrogen-bond acceptors (Lipinski definition) is 5. The molecule has 0 unspecified atom stereocenters. The van der Waals surface area contributed by atoms with Gasteiger partial charge in [-0.2, -0.15) is 0 Å². The molecule has 0 bridgehead atoms. The molecule has 0 aliphatic carbocycles. The fourth-order valence-corrected chi connectivity index (χ4v) is 4.15. The lowest BCUT2D eigenvalue weighted by Crippen LogP contribution is -2.47. The van der Waals surface area contributed by atoms with Crippen LogP contribution >= 0.6 is 0 Å². The predicted molar refractivity (Wildman–Crippen MR) is 110 cm³/mol. The standard InChI is InChI=1S/C22H35N3O3/c1-16(2)28-21-5-3-4-17(12-21)13-24-22(26)18-6-7-19(23)15-25(14-18)20-8-10-27-11-9-20/h3-5,12,16,18-20H,6-11,13-15,23H2,1-2H3,(H,24,26)/t18-,19+/m1/s1. The van der Waals surface area contributed by atoms with E-state index in [4.69, 9.17) is 15.2 Å². The van der Waals surface area contributed by atoms with Crippen molar-refractivity contribution < 1.29 is 14.3 Å². The normalized spacial score (nSPS) is 24.7. The number of benzene rings is 1. The second-order valence-electron chi connectivity index (χ2n) is 8.36. The maximum absolute atomic E-state index is 12.9. The van der Waals surface area contributed by atoms with Gasteiger partial charge in [-0.25, -0.2) is 0 Å². The van der Waals surface area contributed by atoms with Crippen molar-refractivity contribution in [1.29, 1.82) is 0 Å². The molecule has 0 aromatic heterocycles. The van der Waals surface area contributed by atoms with Gasteiger partial charge < -0.3 is 20.5 Å². The van der Waals surface area contributed by atoms with Crippen LogP contribution in [-0.2, 0) is 16.1 Å². The Kier molecular flexibility index (Phi) is 7.71. The number of nitrogens with one attached hydrogen (secondary N) is 1. The summed E-state index contributed by atoms with van der Waals surface area (Å²) in [6, 6.07) is 8.56. The van der Waals surface area contributed by atoms with E-state index in [0.717, 1.165) is 63.3 Å². The Morgan fingerprint density at radius 3 is 2.79 bits per heavy atom. The van der Waals surface area contributed by atoms with Gasteiger partial charge in [0.05, 0.1) is 12.0 Å². The monoisotopic (exact) mass is 389 g/mol. The van der Waals surface area contributed by atoms with Gasteiger partial charge in [0, 0.05) is 44.9 Å². The van der Waals surface area contributed by atoms with Gasteiger partial charge >= 0.3 is 0 Å². The average molecular weight is 390 g/mol. The van der Waals surface area contributed by atoms with E-state index in [1.54, 1.807) is 0 Å². The van der Waals surface area contributed by atoms with Gasteiger partial charge in [0.1, 0.15) is 5.75 Å². The Morgan fingerprint density at radius 2 is 2.04 bits per heavy atom. The van der Waals surface area contributed by atoms with Crippen molar-refractivity contribution in [3.8, 4) is 5.75 Å². The van der Waals surface area contributed by atoms with Crippen LogP contribution in [0, 0.1) is 5.92 Å². The molecular weight excluding hydrogens is 354 g/mol. The first-order chi connectivity index (χ1) is 13.5. The van der Waals surface area contributed by atoms with Crippen molar-refractivity contribution in [2.75, 3.05) is 26.3 Å². The number of rotatable bonds is 6. The molecule has 2 heterocycles. The Bertz CT molecular complexity index is 631. The second kappa shape index (κ2) is 10.2. The van der Waals surface area contributed by atoms with Crippen LogP contribution in [0.1, 0.15) is 45.1 Å². The molecule has 0 radical (unpaired) electrons. The van der Waals surface area contributed by atoms with E-state index in [0.29, 0.717) is 12.6 Å². The Labute approximate surface area is 168 Å². The highest BCUT2D eigenvalue weighted by Gasteiger charge is 2.31. The summed E-state index contributed by atoms with van der Waals surface area (Å²) in [5, 5.41) is 3.13. The number of nitrogens with two attached hydrogens (primary N) is 1. The number of likely N-dealkylation sites (tertiary alicyclic amines) is 1. The number of carbonyl (C=O) groups is 1. The van der Waals surface area contributed by atoms with Crippen LogP contribution in [0.25, 0.3) is 0 Å². The van der Waals surface area contributed by atoms with E-state index >= 15 is 0 Å². The van der Waals surface area contributed by atoms with E-state index < -0.39 is 0 Å². The second-order valence-corrected chi connectivity index (χ2v) is 8.36. The van der Waals surface area contributed by atoms with Crippen LogP contribution in [0.4, 0.5) is 0 Å². The quantitative estimate of drug-likeness (QED) is 0.781. The number of ether oxygens (including phenoxy) is 2. The van der Waals surface area contributed by atoms with Crippen molar-refractivity contribution in [2.24, 2.45) is 11.7 Å². The summed E-state index contributed by atoms with van der Waals surface area (Å²) in [7, 11) is 0. The highest BCUT2D eigenvalue weighted by Crippen LogP contribution is 2.23. The van der Waals surface area contributed by atoms with E-state index in [9.17, 15) is 4.79 Å². The summed E-state index contributed by atoms with van der Waals surface area (Å²) in [4.78, 5) is 15.3. The Hall–Kier alpha value is -1.63. The van der Waals surface area contributed by atoms with Gasteiger partial charge in [0.25, 0.3) is 0 Å². The van der Waals surface area contributed by atoms with Crippen LogP contribution in [0.3, 0.4) is 0 Å². The molecule has 1 amide bonds. The first kappa shape index (κ1) is 21.1. The van der Waals surface area contributed by atoms with Crippen molar-refractivity contribution in [3.05, 3.63) is 29.8 Å². The first-order valence-electron chi connectivity index (χ1n) is 10.6. The van der Waals surface area contributed by atoms with Gasteiger partial charge in [-0.3, -0.25) is 9.69 Å². The molecular formula is C22H35N3O3. The van der Waals surface area contributed by atoms with Gasteiger partial charge in [-0.1, -0.05) is 12.1 Å². The molecule has 156 valence electrons. The van der Waals surface area contributed by atoms with Crippen LogP contribution in [-0.4, -0.2) is 55.3 Å². The molecule has 0 saturated carbocycles. The number of hydrogen-bond donors (Lipinski definition) is 2. The van der Waals surface area contributed by atoms with Gasteiger partial charge in [-0.05, 0) is 57.2 Å². The zero-order valence-electron chi connectivity index (χ0n) is 17.2. The molecule has 3 rings (SSSR count). The molecule has 1 aromatic carbocycles. The number of nitrogens with zero attached hydrogens (tertiary/aromatic N) is 1. The van der Waals surface area contributed by atoms with E-state index in [-0.39, 0.29) is 24.0 Å². The number of carbonyl (C=O) groups excluding carboxylic acids is 1. The third-order valence-corrected chi connectivity index (χ3v) is 5.62. The minimum absolute atomic E-state index is 0.00788. The molecule has 6 nitrogen and oxygen atoms in total. The summed E-state index contributed by atoms with van der Waals surface area (Å²) in [5.41, 5.74) is 7.35. The highest BCUT2D eigenvalue weighted by atomic mass is 16.5. The average Bonchev–Trinajstić information content (AvgIpc) is 2.88. The van der Waals surface area contributed by atoms with Crippen molar-refractivity contribution in [2.45, 2.75) is 64.3 Å². The highest BCUT2D eigenvalue weighted by molar-refractivity contribution is 5.78. The SMILES string of the molecule is CC(C)Oc1cccc(CNC(=O)[C@@H]2CC[C@H](N)CN(C3CCOCC3)C2)c1. The lowest BCUT2D eigenvalue weighted by atomic mass is 10.0. The molecule has 2 aliphatic heterocycles. The summed E-state index contributed by atoms with van der Waals surface area (Å²) < 4.78 is 11.2. The van der Waals surface area contributed by atoms with Crippen molar-refractivity contribution >= 4 is 5.91 Å². The van der Waals surface area contributed by atoms with Gasteiger partial charge in [0.15, 0.2) is 0 Å². The fourth-order valence-electron chi connectivity index (χ4n) is 4.15. The minimum Gasteiger partial charge on any atom is -0.491 e. The van der Waals surface area contributed by atoms with Gasteiger partial charge in [0.2, 0.25) is 5.91 Å². The number of amides is 1. The molecule has 3 N–H and O–H groups in total. The zero-order valence-corrected chi connectivity index (χ0v) is 17.2. The largest absolute Gasteiger partial charge is 0.491 e. The fraction of sp³-hybridized carbons (Fsp3) is 0.682. The third-order valence-electron chi connectivity index (χ3n) is 5.62. The lowest BCUT2D eigenvalue weighted by Gasteiger charge is -2.35. The Morgan fingerprint density at radius 1 is 1.25 bits per heavy atom. The van der Waals surface area contributed by atoms with Crippen molar-refractivity contribution in [3.63, 3.8) is 0 Å². The topological polar surface area (TPSA) is 76.8 Å². The summed E-state index contributed by atoms with van der Waals surface area (Å²) in [6.45, 7) is 7.83. The third kappa shape index (κ3) is 6.19. The molecule has 28 heavy (non-hydrogen) atoms. The summed E-state index contributed by atoms with van der Waals surface area (Å²) in [6.07, 6.45) is 3.95. The molecule has 2 aliphatic rings. The maximum Gasteiger partial charge on any atom is 0.224 e. The predicted octanol–water partition coefficient (Wildman–Crippen LogP) is 2.31. The lowest BCUT2D eigenvalue weighted by molar-refractivity contribution is -0.126. The van der Waals surface area contributed by atoms with E-state index in [1.165, 1.54) is 0 Å². The molecule has 0 spiro atoms.